The maximum atomic E-state index is 6.15. The van der Waals surface area contributed by atoms with Crippen molar-refractivity contribution < 1.29 is 9.47 Å². The molecule has 0 saturated carbocycles. The predicted molar refractivity (Wildman–Crippen MR) is 94.5 cm³/mol. The van der Waals surface area contributed by atoms with Crippen molar-refractivity contribution in [3.63, 3.8) is 0 Å². The molecule has 0 amide bonds. The van der Waals surface area contributed by atoms with Gasteiger partial charge in [-0.05, 0) is 43.5 Å². The summed E-state index contributed by atoms with van der Waals surface area (Å²) in [4.78, 5) is 6.45. The Morgan fingerprint density at radius 3 is 2.88 bits per heavy atom. The normalized spacial score (nSPS) is 22.0. The zero-order valence-corrected chi connectivity index (χ0v) is 14.8. The molecule has 4 rings (SSSR count). The van der Waals surface area contributed by atoms with Crippen molar-refractivity contribution in [3.8, 4) is 0 Å². The van der Waals surface area contributed by atoms with Crippen LogP contribution < -0.4 is 4.90 Å². The average molecular weight is 340 g/mol. The molecule has 2 aliphatic heterocycles. The lowest BCUT2D eigenvalue weighted by Gasteiger charge is -2.53. The number of aromatic nitrogens is 3. The molecule has 132 valence electrons. The highest BCUT2D eigenvalue weighted by Gasteiger charge is 2.48. The maximum Gasteiger partial charge on any atom is 0.151 e. The van der Waals surface area contributed by atoms with Crippen molar-refractivity contribution in [3.05, 3.63) is 47.4 Å². The molecule has 1 atom stereocenters. The van der Waals surface area contributed by atoms with Crippen LogP contribution in [0.2, 0.25) is 0 Å². The van der Waals surface area contributed by atoms with Gasteiger partial charge in [0.05, 0.1) is 31.5 Å². The van der Waals surface area contributed by atoms with Crippen molar-refractivity contribution >= 4 is 5.82 Å². The molecular weight excluding hydrogens is 316 g/mol. The number of aryl methyl sites for hydroxylation is 2. The lowest BCUT2D eigenvalue weighted by molar-refractivity contribution is -0.148. The van der Waals surface area contributed by atoms with Crippen LogP contribution in [-0.2, 0) is 16.1 Å². The Bertz CT molecular complexity index is 728. The Morgan fingerprint density at radius 2 is 2.12 bits per heavy atom. The lowest BCUT2D eigenvalue weighted by atomic mass is 9.84. The number of pyridine rings is 1. The SMILES string of the molecule is Cc1cncc(COC2CCOC3(C2)CN(c2ccc(C)nn2)C3)c1. The van der Waals surface area contributed by atoms with Crippen LogP contribution in [-0.4, -0.2) is 46.6 Å². The molecule has 6 heteroatoms. The van der Waals surface area contributed by atoms with Crippen LogP contribution >= 0.6 is 0 Å². The average Bonchev–Trinajstić information content (AvgIpc) is 2.59. The second-order valence-corrected chi connectivity index (χ2v) is 7.22. The van der Waals surface area contributed by atoms with Crippen molar-refractivity contribution in [2.45, 2.75) is 45.0 Å². The Kier molecular flexibility index (Phi) is 4.39. The molecule has 6 nitrogen and oxygen atoms in total. The lowest BCUT2D eigenvalue weighted by Crippen LogP contribution is -2.66. The first-order valence-electron chi connectivity index (χ1n) is 8.83. The monoisotopic (exact) mass is 340 g/mol. The van der Waals surface area contributed by atoms with Crippen molar-refractivity contribution in [1.82, 2.24) is 15.2 Å². The van der Waals surface area contributed by atoms with Crippen LogP contribution in [0, 0.1) is 13.8 Å². The molecule has 0 radical (unpaired) electrons. The molecular formula is C19H24N4O2. The molecule has 0 aromatic carbocycles. The van der Waals surface area contributed by atoms with Crippen molar-refractivity contribution in [2.75, 3.05) is 24.6 Å². The highest BCUT2D eigenvalue weighted by molar-refractivity contribution is 5.43. The first-order chi connectivity index (χ1) is 12.1. The molecule has 2 aliphatic rings. The van der Waals surface area contributed by atoms with Crippen LogP contribution in [0.3, 0.4) is 0 Å². The largest absolute Gasteiger partial charge is 0.373 e. The van der Waals surface area contributed by atoms with Gasteiger partial charge >= 0.3 is 0 Å². The smallest absolute Gasteiger partial charge is 0.151 e. The molecule has 1 spiro atoms. The number of rotatable bonds is 4. The minimum atomic E-state index is -0.0969. The van der Waals surface area contributed by atoms with E-state index in [4.69, 9.17) is 9.47 Å². The van der Waals surface area contributed by atoms with E-state index in [1.807, 2.05) is 31.5 Å². The van der Waals surface area contributed by atoms with Gasteiger partial charge in [-0.25, -0.2) is 0 Å². The summed E-state index contributed by atoms with van der Waals surface area (Å²) in [5.74, 6) is 0.925. The minimum absolute atomic E-state index is 0.0969. The van der Waals surface area contributed by atoms with Gasteiger partial charge in [0.15, 0.2) is 5.82 Å². The summed E-state index contributed by atoms with van der Waals surface area (Å²) in [6, 6.07) is 6.15. The van der Waals surface area contributed by atoms with Crippen LogP contribution in [0.5, 0.6) is 0 Å². The van der Waals surface area contributed by atoms with Gasteiger partial charge < -0.3 is 14.4 Å². The highest BCUT2D eigenvalue weighted by atomic mass is 16.5. The van der Waals surface area contributed by atoms with E-state index in [0.717, 1.165) is 49.6 Å². The number of anilines is 1. The van der Waals surface area contributed by atoms with Crippen molar-refractivity contribution in [1.29, 1.82) is 0 Å². The fourth-order valence-corrected chi connectivity index (χ4v) is 3.63. The quantitative estimate of drug-likeness (QED) is 0.852. The molecule has 25 heavy (non-hydrogen) atoms. The standard InChI is InChI=1S/C19H24N4O2/c1-14-7-16(10-20-9-14)11-24-17-5-6-25-19(8-17)12-23(13-19)18-4-3-15(2)21-22-18/h3-4,7,9-10,17H,5-6,8,11-13H2,1-2H3. The molecule has 0 bridgehead atoms. The second kappa shape index (κ2) is 6.69. The van der Waals surface area contributed by atoms with Gasteiger partial charge in [-0.3, -0.25) is 4.98 Å². The van der Waals surface area contributed by atoms with E-state index >= 15 is 0 Å². The summed E-state index contributed by atoms with van der Waals surface area (Å²) in [6.07, 6.45) is 5.86. The third-order valence-electron chi connectivity index (χ3n) is 4.93. The Labute approximate surface area is 148 Å². The van der Waals surface area contributed by atoms with Gasteiger partial charge in [0.2, 0.25) is 0 Å². The number of ether oxygens (including phenoxy) is 2. The molecule has 0 aliphatic carbocycles. The topological polar surface area (TPSA) is 60.4 Å². The van der Waals surface area contributed by atoms with E-state index in [2.05, 4.69) is 33.1 Å². The summed E-state index contributed by atoms with van der Waals surface area (Å²) >= 11 is 0. The van der Waals surface area contributed by atoms with E-state index < -0.39 is 0 Å². The summed E-state index contributed by atoms with van der Waals surface area (Å²) in [5, 5.41) is 8.40. The van der Waals surface area contributed by atoms with Crippen molar-refractivity contribution in [2.24, 2.45) is 0 Å². The Hall–Kier alpha value is -2.05. The predicted octanol–water partition coefficient (Wildman–Crippen LogP) is 2.44. The zero-order valence-electron chi connectivity index (χ0n) is 14.8. The fourth-order valence-electron chi connectivity index (χ4n) is 3.63. The number of hydrogen-bond donors (Lipinski definition) is 0. The summed E-state index contributed by atoms with van der Waals surface area (Å²) in [6.45, 7) is 7.08. The second-order valence-electron chi connectivity index (χ2n) is 7.22. The molecule has 2 fully saturated rings. The van der Waals surface area contributed by atoms with Crippen LogP contribution in [0.4, 0.5) is 5.82 Å². The molecule has 2 aromatic rings. The fraction of sp³-hybridized carbons (Fsp3) is 0.526. The summed E-state index contributed by atoms with van der Waals surface area (Å²) in [5.41, 5.74) is 3.14. The zero-order chi connectivity index (χ0) is 17.3. The van der Waals surface area contributed by atoms with Gasteiger partial charge in [0.25, 0.3) is 0 Å². The first kappa shape index (κ1) is 16.4. The van der Waals surface area contributed by atoms with Gasteiger partial charge in [0, 0.05) is 25.4 Å². The van der Waals surface area contributed by atoms with E-state index in [9.17, 15) is 0 Å². The Balaban J connectivity index is 1.32. The van der Waals surface area contributed by atoms with Crippen LogP contribution in [0.25, 0.3) is 0 Å². The van der Waals surface area contributed by atoms with Gasteiger partial charge in [-0.1, -0.05) is 6.07 Å². The van der Waals surface area contributed by atoms with E-state index in [1.165, 1.54) is 5.56 Å². The third kappa shape index (κ3) is 3.65. The third-order valence-corrected chi connectivity index (χ3v) is 4.93. The molecule has 4 heterocycles. The first-order valence-corrected chi connectivity index (χ1v) is 8.83. The van der Waals surface area contributed by atoms with E-state index in [0.29, 0.717) is 6.61 Å². The molecule has 2 aromatic heterocycles. The van der Waals surface area contributed by atoms with Gasteiger partial charge in [-0.15, -0.1) is 5.10 Å². The number of nitrogens with zero attached hydrogens (tertiary/aromatic N) is 4. The van der Waals surface area contributed by atoms with Gasteiger partial charge in [0.1, 0.15) is 5.60 Å². The number of hydrogen-bond acceptors (Lipinski definition) is 6. The van der Waals surface area contributed by atoms with E-state index in [-0.39, 0.29) is 11.7 Å². The summed E-state index contributed by atoms with van der Waals surface area (Å²) in [7, 11) is 0. The molecule has 2 saturated heterocycles. The summed E-state index contributed by atoms with van der Waals surface area (Å²) < 4.78 is 12.2. The Morgan fingerprint density at radius 1 is 1.24 bits per heavy atom. The maximum absolute atomic E-state index is 6.15. The van der Waals surface area contributed by atoms with Crippen LogP contribution in [0.15, 0.2) is 30.6 Å². The highest BCUT2D eigenvalue weighted by Crippen LogP contribution is 2.37. The van der Waals surface area contributed by atoms with Gasteiger partial charge in [-0.2, -0.15) is 5.10 Å². The minimum Gasteiger partial charge on any atom is -0.373 e. The van der Waals surface area contributed by atoms with E-state index in [1.54, 1.807) is 0 Å². The van der Waals surface area contributed by atoms with Crippen LogP contribution in [0.1, 0.15) is 29.7 Å². The molecule has 0 N–H and O–H groups in total. The molecule has 1 unspecified atom stereocenters.